The van der Waals surface area contributed by atoms with Crippen molar-refractivity contribution in [2.24, 2.45) is 22.5 Å². The van der Waals surface area contributed by atoms with Crippen LogP contribution in [0.3, 0.4) is 0 Å². The predicted octanol–water partition coefficient (Wildman–Crippen LogP) is 2.35. The lowest BCUT2D eigenvalue weighted by Gasteiger charge is -2.45. The molecule has 2 amide bonds. The molecular formula is C18H22ClN3O2. The van der Waals surface area contributed by atoms with Crippen LogP contribution in [0.4, 0.5) is 0 Å². The zero-order chi connectivity index (χ0) is 17.3. The third kappa shape index (κ3) is 1.64. The number of piperidine rings is 1. The highest BCUT2D eigenvalue weighted by Crippen LogP contribution is 2.75. The number of primary amides is 1. The third-order valence-corrected chi connectivity index (χ3v) is 7.56. The van der Waals surface area contributed by atoms with Gasteiger partial charge in [0.05, 0.1) is 0 Å². The summed E-state index contributed by atoms with van der Waals surface area (Å²) in [5.41, 5.74) is 8.38. The van der Waals surface area contributed by atoms with Crippen LogP contribution < -0.4 is 11.2 Å². The number of hydrazine groups is 1. The fraction of sp³-hybridized carbons (Fsp3) is 0.556. The van der Waals surface area contributed by atoms with E-state index in [1.165, 1.54) is 0 Å². The number of carbonyl (C=O) groups is 2. The van der Waals surface area contributed by atoms with E-state index in [-0.39, 0.29) is 22.6 Å². The smallest absolute Gasteiger partial charge is 0.265 e. The van der Waals surface area contributed by atoms with Crippen LogP contribution in [0.15, 0.2) is 24.3 Å². The molecule has 4 atom stereocenters. The highest BCUT2D eigenvalue weighted by Gasteiger charge is 2.80. The molecule has 1 saturated heterocycles. The van der Waals surface area contributed by atoms with Gasteiger partial charge in [-0.15, -0.1) is 0 Å². The lowest BCUT2D eigenvalue weighted by atomic mass is 9.65. The zero-order valence-electron chi connectivity index (χ0n) is 13.9. The Morgan fingerprint density at radius 2 is 1.96 bits per heavy atom. The fourth-order valence-electron chi connectivity index (χ4n) is 5.71. The Kier molecular flexibility index (Phi) is 3.14. The summed E-state index contributed by atoms with van der Waals surface area (Å²) in [6, 6.07) is 6.72. The average Bonchev–Trinajstić information content (AvgIpc) is 2.97. The van der Waals surface area contributed by atoms with E-state index in [4.69, 9.17) is 17.3 Å². The van der Waals surface area contributed by atoms with Gasteiger partial charge in [0, 0.05) is 22.5 Å². The van der Waals surface area contributed by atoms with Crippen molar-refractivity contribution >= 4 is 23.4 Å². The van der Waals surface area contributed by atoms with Crippen LogP contribution >= 0.6 is 11.6 Å². The standard InChI is InChI=1S/C18H22ClN3O2/c1-16-10-22(21-14(23)11-3-5-13(19)6-4-11)18(15(20)24)9-12(16)7-8-17(16,18)2/h3-6,12H,7-10H2,1-2H3,(H2,20,24)(H,21,23)/t12-,16-,17+,18-/m1/s1. The highest BCUT2D eigenvalue weighted by molar-refractivity contribution is 6.30. The first-order valence-corrected chi connectivity index (χ1v) is 8.76. The van der Waals surface area contributed by atoms with Crippen LogP contribution in [0.5, 0.6) is 0 Å². The largest absolute Gasteiger partial charge is 0.368 e. The lowest BCUT2D eigenvalue weighted by molar-refractivity contribution is -0.137. The van der Waals surface area contributed by atoms with Gasteiger partial charge >= 0.3 is 0 Å². The van der Waals surface area contributed by atoms with Gasteiger partial charge in [-0.3, -0.25) is 15.0 Å². The summed E-state index contributed by atoms with van der Waals surface area (Å²) in [6.07, 6.45) is 2.85. The van der Waals surface area contributed by atoms with Crippen molar-refractivity contribution < 1.29 is 9.59 Å². The van der Waals surface area contributed by atoms with Crippen molar-refractivity contribution in [1.82, 2.24) is 10.4 Å². The molecule has 2 saturated carbocycles. The minimum absolute atomic E-state index is 0.00923. The quantitative estimate of drug-likeness (QED) is 0.881. The van der Waals surface area contributed by atoms with Crippen LogP contribution in [0.25, 0.3) is 0 Å². The van der Waals surface area contributed by atoms with Crippen molar-refractivity contribution in [3.8, 4) is 0 Å². The van der Waals surface area contributed by atoms with Crippen LogP contribution in [-0.4, -0.2) is 28.9 Å². The number of nitrogens with zero attached hydrogens (tertiary/aromatic N) is 1. The van der Waals surface area contributed by atoms with Gasteiger partial charge in [-0.1, -0.05) is 25.4 Å². The molecule has 3 fully saturated rings. The Bertz CT molecular complexity index is 736. The summed E-state index contributed by atoms with van der Waals surface area (Å²) in [5, 5.41) is 2.40. The molecule has 24 heavy (non-hydrogen) atoms. The van der Waals surface area contributed by atoms with E-state index in [0.717, 1.165) is 19.3 Å². The number of nitrogens with one attached hydrogen (secondary N) is 1. The van der Waals surface area contributed by atoms with E-state index < -0.39 is 5.54 Å². The number of benzene rings is 1. The van der Waals surface area contributed by atoms with Gasteiger partial charge in [0.25, 0.3) is 5.91 Å². The molecule has 3 N–H and O–H groups in total. The molecule has 6 heteroatoms. The highest BCUT2D eigenvalue weighted by atomic mass is 35.5. The monoisotopic (exact) mass is 347 g/mol. The molecule has 0 radical (unpaired) electrons. The molecule has 1 aromatic rings. The fourth-order valence-corrected chi connectivity index (χ4v) is 5.84. The van der Waals surface area contributed by atoms with Crippen molar-refractivity contribution in [3.05, 3.63) is 34.9 Å². The second-order valence-electron chi connectivity index (χ2n) is 7.95. The summed E-state index contributed by atoms with van der Waals surface area (Å²) in [5.74, 6) is -0.0612. The van der Waals surface area contributed by atoms with Crippen LogP contribution in [0.1, 0.15) is 43.5 Å². The summed E-state index contributed by atoms with van der Waals surface area (Å²) in [7, 11) is 0. The second-order valence-corrected chi connectivity index (χ2v) is 8.38. The Morgan fingerprint density at radius 1 is 1.29 bits per heavy atom. The molecule has 5 nitrogen and oxygen atoms in total. The molecule has 0 aromatic heterocycles. The molecule has 128 valence electrons. The van der Waals surface area contributed by atoms with E-state index in [1.807, 2.05) is 5.01 Å². The lowest BCUT2D eigenvalue weighted by Crippen LogP contribution is -2.66. The molecule has 1 heterocycles. The summed E-state index contributed by atoms with van der Waals surface area (Å²) >= 11 is 5.88. The first-order chi connectivity index (χ1) is 11.2. The summed E-state index contributed by atoms with van der Waals surface area (Å²) in [6.45, 7) is 5.07. The Balaban J connectivity index is 1.66. The van der Waals surface area contributed by atoms with Gasteiger partial charge in [-0.2, -0.15) is 0 Å². The number of carbonyl (C=O) groups excluding carboxylic acids is 2. The van der Waals surface area contributed by atoms with Gasteiger partial charge in [-0.05, 0) is 54.9 Å². The molecule has 2 aliphatic carbocycles. The first-order valence-electron chi connectivity index (χ1n) is 8.39. The molecule has 3 aliphatic rings. The van der Waals surface area contributed by atoms with Crippen molar-refractivity contribution in [2.75, 3.05) is 6.54 Å². The van der Waals surface area contributed by atoms with Gasteiger partial charge in [0.15, 0.2) is 0 Å². The van der Waals surface area contributed by atoms with E-state index in [0.29, 0.717) is 23.0 Å². The zero-order valence-corrected chi connectivity index (χ0v) is 14.7. The van der Waals surface area contributed by atoms with Crippen LogP contribution in [0.2, 0.25) is 5.02 Å². The summed E-state index contributed by atoms with van der Waals surface area (Å²) in [4.78, 5) is 25.1. The Labute approximate surface area is 146 Å². The minimum atomic E-state index is -0.785. The van der Waals surface area contributed by atoms with Crippen LogP contribution in [0, 0.1) is 16.7 Å². The predicted molar refractivity (Wildman–Crippen MR) is 91.1 cm³/mol. The topological polar surface area (TPSA) is 75.4 Å². The maximum atomic E-state index is 12.6. The Hall–Kier alpha value is -1.59. The molecule has 4 rings (SSSR count). The summed E-state index contributed by atoms with van der Waals surface area (Å²) < 4.78 is 0. The molecular weight excluding hydrogens is 326 g/mol. The van der Waals surface area contributed by atoms with E-state index in [2.05, 4.69) is 19.3 Å². The van der Waals surface area contributed by atoms with E-state index in [9.17, 15) is 9.59 Å². The van der Waals surface area contributed by atoms with Gasteiger partial charge in [-0.25, -0.2) is 5.01 Å². The second kappa shape index (κ2) is 4.73. The number of halogens is 1. The molecule has 4 bridgehead atoms. The maximum Gasteiger partial charge on any atom is 0.265 e. The van der Waals surface area contributed by atoms with Crippen molar-refractivity contribution in [2.45, 2.75) is 38.6 Å². The molecule has 1 aliphatic heterocycles. The van der Waals surface area contributed by atoms with Gasteiger partial charge < -0.3 is 5.73 Å². The number of rotatable bonds is 3. The number of amides is 2. The van der Waals surface area contributed by atoms with Gasteiger partial charge in [0.1, 0.15) is 5.54 Å². The number of hydrogen-bond donors (Lipinski definition) is 2. The number of nitrogens with two attached hydrogens (primary N) is 1. The van der Waals surface area contributed by atoms with Gasteiger partial charge in [0.2, 0.25) is 5.91 Å². The van der Waals surface area contributed by atoms with Crippen LogP contribution in [-0.2, 0) is 4.79 Å². The maximum absolute atomic E-state index is 12.6. The third-order valence-electron chi connectivity index (χ3n) is 7.31. The Morgan fingerprint density at radius 3 is 2.54 bits per heavy atom. The molecule has 0 unspecified atom stereocenters. The van der Waals surface area contributed by atoms with Crippen molar-refractivity contribution in [1.29, 1.82) is 0 Å². The molecule has 1 aromatic carbocycles. The minimum Gasteiger partial charge on any atom is -0.368 e. The van der Waals surface area contributed by atoms with E-state index in [1.54, 1.807) is 24.3 Å². The first kappa shape index (κ1) is 15.9. The SMILES string of the molecule is C[C@@]12CC[C@@H]3C[C@]1(C(N)=O)N(NC(=O)c1ccc(Cl)cc1)C[C@]32C. The van der Waals surface area contributed by atoms with Crippen molar-refractivity contribution in [3.63, 3.8) is 0 Å². The molecule has 0 spiro atoms. The average molecular weight is 348 g/mol. The van der Waals surface area contributed by atoms with E-state index >= 15 is 0 Å². The number of hydrogen-bond acceptors (Lipinski definition) is 3. The normalized spacial score (nSPS) is 40.0.